The van der Waals surface area contributed by atoms with Gasteiger partial charge >= 0.3 is 12.0 Å². The van der Waals surface area contributed by atoms with Gasteiger partial charge in [-0.2, -0.15) is 0 Å². The Kier molecular flexibility index (Phi) is 4.33. The number of nitrogens with one attached hydrogen (secondary N) is 1. The van der Waals surface area contributed by atoms with Crippen molar-refractivity contribution in [2.75, 3.05) is 13.1 Å². The molecule has 1 N–H and O–H groups in total. The Morgan fingerprint density at radius 3 is 2.42 bits per heavy atom. The van der Waals surface area contributed by atoms with E-state index < -0.39 is 24.0 Å². The molecule has 1 fully saturated rings. The van der Waals surface area contributed by atoms with E-state index in [0.717, 1.165) is 10.6 Å². The number of carbonyl (C=O) groups excluding carboxylic acids is 3. The molecule has 7 heteroatoms. The van der Waals surface area contributed by atoms with E-state index in [1.807, 2.05) is 29.1 Å². The van der Waals surface area contributed by atoms with E-state index in [0.29, 0.717) is 12.1 Å². The summed E-state index contributed by atoms with van der Waals surface area (Å²) < 4.78 is 7.08. The molecule has 2 heterocycles. The number of hydrogen-bond donors (Lipinski definition) is 1. The van der Waals surface area contributed by atoms with E-state index in [2.05, 4.69) is 5.32 Å². The Balaban J connectivity index is 1.64. The van der Waals surface area contributed by atoms with Crippen molar-refractivity contribution in [3.63, 3.8) is 0 Å². The molecule has 1 aromatic heterocycles. The van der Waals surface area contributed by atoms with Crippen LogP contribution in [0.3, 0.4) is 0 Å². The van der Waals surface area contributed by atoms with Crippen LogP contribution in [-0.2, 0) is 9.53 Å². The number of ether oxygens (including phenoxy) is 1. The number of hydrogen-bond acceptors (Lipinski definition) is 4. The van der Waals surface area contributed by atoms with Gasteiger partial charge in [-0.15, -0.1) is 0 Å². The summed E-state index contributed by atoms with van der Waals surface area (Å²) in [5.74, 6) is -1.13. The molecule has 0 radical (unpaired) electrons. The van der Waals surface area contributed by atoms with Crippen LogP contribution in [0.4, 0.5) is 4.79 Å². The van der Waals surface area contributed by atoms with E-state index in [1.165, 1.54) is 6.92 Å². The number of benzene rings is 1. The third-order valence-corrected chi connectivity index (χ3v) is 3.76. The van der Waals surface area contributed by atoms with Gasteiger partial charge in [-0.3, -0.25) is 9.69 Å². The Morgan fingerprint density at radius 1 is 1.17 bits per heavy atom. The molecule has 7 nitrogen and oxygen atoms in total. The summed E-state index contributed by atoms with van der Waals surface area (Å²) in [5.41, 5.74) is 1.26. The minimum atomic E-state index is -1.02. The van der Waals surface area contributed by atoms with Crippen molar-refractivity contribution in [2.24, 2.45) is 0 Å². The highest BCUT2D eigenvalue weighted by Crippen LogP contribution is 2.12. The van der Waals surface area contributed by atoms with E-state index in [4.69, 9.17) is 4.74 Å². The predicted octanol–water partition coefficient (Wildman–Crippen LogP) is 1.57. The SMILES string of the molecule is CC(OC(=O)c1ccc(-n2cccc2)cc1)C(=O)N1CCNC1=O. The first-order valence-electron chi connectivity index (χ1n) is 7.60. The number of urea groups is 1. The lowest BCUT2D eigenvalue weighted by Gasteiger charge is -2.18. The summed E-state index contributed by atoms with van der Waals surface area (Å²) in [7, 11) is 0. The number of esters is 1. The summed E-state index contributed by atoms with van der Waals surface area (Å²) in [4.78, 5) is 36.8. The van der Waals surface area contributed by atoms with Crippen molar-refractivity contribution in [1.29, 1.82) is 0 Å². The van der Waals surface area contributed by atoms with Crippen molar-refractivity contribution in [3.8, 4) is 5.69 Å². The molecule has 1 unspecified atom stereocenters. The third-order valence-electron chi connectivity index (χ3n) is 3.76. The molecule has 2 aromatic rings. The summed E-state index contributed by atoms with van der Waals surface area (Å²) in [6.07, 6.45) is 2.77. The maximum absolute atomic E-state index is 12.2. The van der Waals surface area contributed by atoms with Crippen LogP contribution in [0.25, 0.3) is 5.69 Å². The minimum absolute atomic E-state index is 0.283. The van der Waals surface area contributed by atoms with E-state index in [9.17, 15) is 14.4 Å². The van der Waals surface area contributed by atoms with Gasteiger partial charge in [-0.25, -0.2) is 9.59 Å². The van der Waals surface area contributed by atoms with Crippen molar-refractivity contribution >= 4 is 17.9 Å². The highest BCUT2D eigenvalue weighted by molar-refractivity contribution is 5.99. The zero-order chi connectivity index (χ0) is 17.1. The Labute approximate surface area is 138 Å². The number of nitrogens with zero attached hydrogens (tertiary/aromatic N) is 2. The lowest BCUT2D eigenvalue weighted by molar-refractivity contribution is -0.136. The molecule has 0 aliphatic carbocycles. The van der Waals surface area contributed by atoms with E-state index in [-0.39, 0.29) is 6.54 Å². The van der Waals surface area contributed by atoms with Crippen LogP contribution in [0.15, 0.2) is 48.8 Å². The van der Waals surface area contributed by atoms with Crippen molar-refractivity contribution in [1.82, 2.24) is 14.8 Å². The van der Waals surface area contributed by atoms with Crippen molar-refractivity contribution < 1.29 is 19.1 Å². The second-order valence-electron chi connectivity index (χ2n) is 5.41. The largest absolute Gasteiger partial charge is 0.449 e. The van der Waals surface area contributed by atoms with Gasteiger partial charge in [-0.05, 0) is 43.3 Å². The van der Waals surface area contributed by atoms with Crippen LogP contribution < -0.4 is 5.32 Å². The molecule has 1 atom stereocenters. The third kappa shape index (κ3) is 3.15. The van der Waals surface area contributed by atoms with Crippen LogP contribution in [-0.4, -0.2) is 46.6 Å². The Bertz CT molecular complexity index is 753. The molecule has 1 saturated heterocycles. The van der Waals surface area contributed by atoms with Gasteiger partial charge in [0, 0.05) is 31.2 Å². The monoisotopic (exact) mass is 327 g/mol. The lowest BCUT2D eigenvalue weighted by Crippen LogP contribution is -2.41. The number of carbonyl (C=O) groups is 3. The average molecular weight is 327 g/mol. The maximum atomic E-state index is 12.2. The summed E-state index contributed by atoms with van der Waals surface area (Å²) in [5, 5.41) is 2.53. The van der Waals surface area contributed by atoms with Gasteiger partial charge in [0.05, 0.1) is 5.56 Å². The molecule has 0 saturated carbocycles. The number of amides is 3. The fourth-order valence-corrected chi connectivity index (χ4v) is 2.46. The lowest BCUT2D eigenvalue weighted by atomic mass is 10.2. The van der Waals surface area contributed by atoms with Crippen molar-refractivity contribution in [3.05, 3.63) is 54.4 Å². The molecule has 124 valence electrons. The molecule has 0 spiro atoms. The molecule has 24 heavy (non-hydrogen) atoms. The van der Waals surface area contributed by atoms with Gasteiger partial charge in [0.2, 0.25) is 0 Å². The summed E-state index contributed by atoms with van der Waals surface area (Å²) >= 11 is 0. The van der Waals surface area contributed by atoms with Gasteiger partial charge in [0.25, 0.3) is 5.91 Å². The fraction of sp³-hybridized carbons (Fsp3) is 0.235. The highest BCUT2D eigenvalue weighted by Gasteiger charge is 2.31. The van der Waals surface area contributed by atoms with Crippen LogP contribution in [0.1, 0.15) is 17.3 Å². The topological polar surface area (TPSA) is 80.6 Å². The first-order chi connectivity index (χ1) is 11.6. The Morgan fingerprint density at radius 2 is 1.83 bits per heavy atom. The second-order valence-corrected chi connectivity index (χ2v) is 5.41. The van der Waals surface area contributed by atoms with Gasteiger partial charge in [0.1, 0.15) is 0 Å². The molecule has 1 aliphatic rings. The van der Waals surface area contributed by atoms with Crippen molar-refractivity contribution in [2.45, 2.75) is 13.0 Å². The summed E-state index contributed by atoms with van der Waals surface area (Å²) in [6.45, 7) is 2.15. The number of aromatic nitrogens is 1. The standard InChI is InChI=1S/C17H17N3O4/c1-12(15(21)20-11-8-18-17(20)23)24-16(22)13-4-6-14(7-5-13)19-9-2-3-10-19/h2-7,9-10,12H,8,11H2,1H3,(H,18,23). The first kappa shape index (κ1) is 15.8. The second kappa shape index (κ2) is 6.57. The zero-order valence-electron chi connectivity index (χ0n) is 13.1. The molecule has 3 rings (SSSR count). The molecular formula is C17H17N3O4. The van der Waals surface area contributed by atoms with Gasteiger partial charge in [0.15, 0.2) is 6.10 Å². The normalized spacial score (nSPS) is 15.0. The maximum Gasteiger partial charge on any atom is 0.338 e. The minimum Gasteiger partial charge on any atom is -0.449 e. The van der Waals surface area contributed by atoms with E-state index in [1.54, 1.807) is 24.3 Å². The smallest absolute Gasteiger partial charge is 0.338 e. The Hall–Kier alpha value is -3.09. The van der Waals surface area contributed by atoms with Crippen LogP contribution in [0, 0.1) is 0 Å². The zero-order valence-corrected chi connectivity index (χ0v) is 13.1. The average Bonchev–Trinajstić information content (AvgIpc) is 3.25. The van der Waals surface area contributed by atoms with Gasteiger partial charge < -0.3 is 14.6 Å². The first-order valence-corrected chi connectivity index (χ1v) is 7.60. The van der Waals surface area contributed by atoms with Gasteiger partial charge in [-0.1, -0.05) is 0 Å². The quantitative estimate of drug-likeness (QED) is 0.865. The number of imide groups is 1. The van der Waals surface area contributed by atoms with Crippen LogP contribution >= 0.6 is 0 Å². The van der Waals surface area contributed by atoms with Crippen LogP contribution in [0.5, 0.6) is 0 Å². The molecular weight excluding hydrogens is 310 g/mol. The molecule has 1 aromatic carbocycles. The number of rotatable bonds is 4. The molecule has 0 bridgehead atoms. The van der Waals surface area contributed by atoms with Crippen LogP contribution in [0.2, 0.25) is 0 Å². The highest BCUT2D eigenvalue weighted by atomic mass is 16.5. The molecule has 1 aliphatic heterocycles. The fourth-order valence-electron chi connectivity index (χ4n) is 2.46. The molecule has 3 amide bonds. The predicted molar refractivity (Wildman–Crippen MR) is 85.8 cm³/mol. The summed E-state index contributed by atoms with van der Waals surface area (Å²) in [6, 6.07) is 10.2. The van der Waals surface area contributed by atoms with E-state index >= 15 is 0 Å².